The molecule has 0 amide bonds. The van der Waals surface area contributed by atoms with Gasteiger partial charge in [0.2, 0.25) is 0 Å². The van der Waals surface area contributed by atoms with Gasteiger partial charge < -0.3 is 19.2 Å². The second-order valence-corrected chi connectivity index (χ2v) is 11.5. The number of likely N-dealkylation sites (tertiary alicyclic amines) is 1. The van der Waals surface area contributed by atoms with Gasteiger partial charge in [0.25, 0.3) is 0 Å². The van der Waals surface area contributed by atoms with E-state index in [1.807, 2.05) is 4.90 Å². The summed E-state index contributed by atoms with van der Waals surface area (Å²) in [6.07, 6.45) is 6.82. The Labute approximate surface area is 201 Å². The number of alkyl halides is 1. The minimum Gasteiger partial charge on any atom is -0.490 e. The molecular weight excluding hydrogens is 461 g/mol. The molecular formula is C24H36FN3O5S. The third-order valence-corrected chi connectivity index (χ3v) is 7.42. The van der Waals surface area contributed by atoms with Gasteiger partial charge >= 0.3 is 6.02 Å². The highest BCUT2D eigenvalue weighted by Crippen LogP contribution is 2.29. The van der Waals surface area contributed by atoms with E-state index < -0.39 is 15.5 Å². The Morgan fingerprint density at radius 3 is 2.09 bits per heavy atom. The lowest BCUT2D eigenvalue weighted by Gasteiger charge is -2.36. The first kappa shape index (κ1) is 26.4. The van der Waals surface area contributed by atoms with Crippen molar-refractivity contribution in [3.63, 3.8) is 0 Å². The monoisotopic (exact) mass is 497 g/mol. The molecule has 34 heavy (non-hydrogen) atoms. The molecule has 0 aromatic heterocycles. The van der Waals surface area contributed by atoms with E-state index >= 15 is 0 Å². The number of allylic oxidation sites excluding steroid dienone is 1. The molecule has 0 unspecified atom stereocenters. The number of aliphatic imine (C=N–C) groups is 1. The summed E-state index contributed by atoms with van der Waals surface area (Å²) in [7, 11) is -3.21. The standard InChI is InChI=1S/C24H36FN3O5S/c1-17(24(2,3)25)27-23(33-26)28-15-13-21(14-16-28)32-19-7-5-18(6-8-19)31-20-9-11-22(12-10-20)34(4,29)30/h9-12,18-19,21H,1,5-8,13-16,26H2,2-4H3/b27-23-/t18-,19-. The Morgan fingerprint density at radius 2 is 1.59 bits per heavy atom. The van der Waals surface area contributed by atoms with Crippen molar-refractivity contribution in [3.8, 4) is 5.75 Å². The summed E-state index contributed by atoms with van der Waals surface area (Å²) in [4.78, 5) is 11.2. The van der Waals surface area contributed by atoms with Crippen molar-refractivity contribution in [3.05, 3.63) is 36.5 Å². The molecule has 190 valence electrons. The largest absolute Gasteiger partial charge is 0.490 e. The van der Waals surface area contributed by atoms with Gasteiger partial charge in [0.15, 0.2) is 9.84 Å². The number of piperidine rings is 1. The lowest BCUT2D eigenvalue weighted by Crippen LogP contribution is -2.44. The second-order valence-electron chi connectivity index (χ2n) is 9.51. The molecule has 1 aromatic carbocycles. The molecule has 0 atom stereocenters. The molecule has 1 heterocycles. The predicted molar refractivity (Wildman–Crippen MR) is 129 cm³/mol. The fourth-order valence-electron chi connectivity index (χ4n) is 4.12. The Hall–Kier alpha value is -2.17. The number of amidine groups is 1. The van der Waals surface area contributed by atoms with E-state index in [0.29, 0.717) is 18.8 Å². The zero-order chi connectivity index (χ0) is 24.9. The normalized spacial score (nSPS) is 23.0. The van der Waals surface area contributed by atoms with Gasteiger partial charge in [-0.05, 0) is 76.6 Å². The minimum absolute atomic E-state index is 0.0663. The van der Waals surface area contributed by atoms with Crippen LogP contribution in [0.2, 0.25) is 0 Å². The van der Waals surface area contributed by atoms with Crippen LogP contribution in [-0.2, 0) is 19.4 Å². The van der Waals surface area contributed by atoms with Gasteiger partial charge in [0.1, 0.15) is 11.4 Å². The van der Waals surface area contributed by atoms with Gasteiger partial charge in [0.05, 0.1) is 28.9 Å². The van der Waals surface area contributed by atoms with Crippen LogP contribution < -0.4 is 10.6 Å². The van der Waals surface area contributed by atoms with Crippen molar-refractivity contribution in [1.82, 2.24) is 4.90 Å². The van der Waals surface area contributed by atoms with Crippen LogP contribution in [0.1, 0.15) is 52.4 Å². The topological polar surface area (TPSA) is 103 Å². The number of nitrogens with zero attached hydrogens (tertiary/aromatic N) is 2. The Kier molecular flexibility index (Phi) is 8.59. The van der Waals surface area contributed by atoms with Gasteiger partial charge in [0, 0.05) is 19.3 Å². The lowest BCUT2D eigenvalue weighted by molar-refractivity contribution is -0.0627. The first-order valence-electron chi connectivity index (χ1n) is 11.7. The summed E-state index contributed by atoms with van der Waals surface area (Å²) in [6, 6.07) is 6.74. The maximum Gasteiger partial charge on any atom is 0.312 e. The predicted octanol–water partition coefficient (Wildman–Crippen LogP) is 3.77. The number of rotatable bonds is 7. The summed E-state index contributed by atoms with van der Waals surface area (Å²) < 4.78 is 49.6. The number of hydrogen-bond acceptors (Lipinski definition) is 7. The van der Waals surface area contributed by atoms with Gasteiger partial charge in [-0.3, -0.25) is 0 Å². The van der Waals surface area contributed by atoms with Crippen LogP contribution in [0.25, 0.3) is 0 Å². The highest BCUT2D eigenvalue weighted by molar-refractivity contribution is 7.90. The Morgan fingerprint density at radius 1 is 1.06 bits per heavy atom. The molecule has 0 bridgehead atoms. The molecule has 2 N–H and O–H groups in total. The highest BCUT2D eigenvalue weighted by Gasteiger charge is 2.29. The van der Waals surface area contributed by atoms with E-state index in [9.17, 15) is 12.8 Å². The molecule has 0 spiro atoms. The number of nitrogens with two attached hydrogens (primary N) is 1. The van der Waals surface area contributed by atoms with Crippen molar-refractivity contribution in [1.29, 1.82) is 0 Å². The quantitative estimate of drug-likeness (QED) is 0.347. The summed E-state index contributed by atoms with van der Waals surface area (Å²) in [5.74, 6) is 6.05. The molecule has 3 rings (SSSR count). The van der Waals surface area contributed by atoms with E-state index in [4.69, 9.17) is 20.2 Å². The van der Waals surface area contributed by atoms with Crippen LogP contribution in [0.3, 0.4) is 0 Å². The number of halogens is 1. The van der Waals surface area contributed by atoms with Gasteiger partial charge in [-0.15, -0.1) is 0 Å². The number of hydrogen-bond donors (Lipinski definition) is 1. The van der Waals surface area contributed by atoms with Crippen molar-refractivity contribution < 1.29 is 27.1 Å². The molecule has 1 saturated carbocycles. The first-order chi connectivity index (χ1) is 16.0. The average molecular weight is 498 g/mol. The summed E-state index contributed by atoms with van der Waals surface area (Å²) in [5.41, 5.74) is -1.58. The van der Waals surface area contributed by atoms with E-state index in [1.165, 1.54) is 20.1 Å². The van der Waals surface area contributed by atoms with Crippen LogP contribution >= 0.6 is 0 Å². The Bertz CT molecular complexity index is 959. The average Bonchev–Trinajstić information content (AvgIpc) is 2.78. The lowest BCUT2D eigenvalue weighted by atomic mass is 9.94. The number of ether oxygens (including phenoxy) is 2. The minimum atomic E-state index is -3.21. The first-order valence-corrected chi connectivity index (χ1v) is 13.6. The molecule has 2 aliphatic rings. The van der Waals surface area contributed by atoms with Gasteiger partial charge in [-0.2, -0.15) is 10.9 Å². The third-order valence-electron chi connectivity index (χ3n) is 6.30. The molecule has 1 aromatic rings. The van der Waals surface area contributed by atoms with Crippen LogP contribution in [0.4, 0.5) is 4.39 Å². The smallest absolute Gasteiger partial charge is 0.312 e. The number of benzene rings is 1. The number of sulfone groups is 1. The van der Waals surface area contributed by atoms with Gasteiger partial charge in [-0.25, -0.2) is 12.8 Å². The maximum atomic E-state index is 14.0. The molecule has 1 aliphatic heterocycles. The van der Waals surface area contributed by atoms with Crippen molar-refractivity contribution >= 4 is 15.9 Å². The third kappa shape index (κ3) is 7.41. The van der Waals surface area contributed by atoms with E-state index in [1.54, 1.807) is 24.3 Å². The van der Waals surface area contributed by atoms with E-state index in [0.717, 1.165) is 38.5 Å². The van der Waals surface area contributed by atoms with Crippen LogP contribution in [0.15, 0.2) is 46.4 Å². The zero-order valence-electron chi connectivity index (χ0n) is 20.2. The molecule has 10 heteroatoms. The fraction of sp³-hybridized carbons (Fsp3) is 0.625. The van der Waals surface area contributed by atoms with Crippen LogP contribution in [0.5, 0.6) is 5.75 Å². The van der Waals surface area contributed by atoms with Crippen molar-refractivity contribution in [2.75, 3.05) is 19.3 Å². The molecule has 1 saturated heterocycles. The molecule has 1 aliphatic carbocycles. The molecule has 2 fully saturated rings. The Balaban J connectivity index is 1.41. The van der Waals surface area contributed by atoms with E-state index in [2.05, 4.69) is 11.6 Å². The van der Waals surface area contributed by atoms with Gasteiger partial charge in [-0.1, -0.05) is 6.58 Å². The summed E-state index contributed by atoms with van der Waals surface area (Å²) >= 11 is 0. The fourth-order valence-corrected chi connectivity index (χ4v) is 4.75. The van der Waals surface area contributed by atoms with Crippen molar-refractivity contribution in [2.45, 2.75) is 81.2 Å². The second kappa shape index (κ2) is 11.0. The zero-order valence-corrected chi connectivity index (χ0v) is 21.0. The van der Waals surface area contributed by atoms with E-state index in [-0.39, 0.29) is 34.9 Å². The SMILES string of the molecule is C=C(/N=C(\ON)N1CCC(O[C@H]2CC[C@H](Oc3ccc(S(C)(=O)=O)cc3)CC2)CC1)C(C)(C)F. The summed E-state index contributed by atoms with van der Waals surface area (Å²) in [5, 5.41) is 0. The molecule has 0 radical (unpaired) electrons. The molecule has 8 nitrogen and oxygen atoms in total. The van der Waals surface area contributed by atoms with Crippen molar-refractivity contribution in [2.24, 2.45) is 10.9 Å². The maximum absolute atomic E-state index is 14.0. The van der Waals surface area contributed by atoms with Crippen LogP contribution in [0, 0.1) is 0 Å². The highest BCUT2D eigenvalue weighted by atomic mass is 32.2. The van der Waals surface area contributed by atoms with Crippen LogP contribution in [-0.4, -0.2) is 62.7 Å². The summed E-state index contributed by atoms with van der Waals surface area (Å²) in [6.45, 7) is 7.75.